The second-order valence-electron chi connectivity index (χ2n) is 4.64. The van der Waals surface area contributed by atoms with E-state index in [1.165, 1.54) is 12.8 Å². The quantitative estimate of drug-likeness (QED) is 0.554. The molecule has 0 saturated heterocycles. The Bertz CT molecular complexity index is 533. The molecule has 0 aliphatic heterocycles. The highest BCUT2D eigenvalue weighted by atomic mass is 16.1. The Morgan fingerprint density at radius 2 is 2.06 bits per heavy atom. The summed E-state index contributed by atoms with van der Waals surface area (Å²) in [5.74, 6) is 0.235. The van der Waals surface area contributed by atoms with E-state index in [9.17, 15) is 4.79 Å². The van der Waals surface area contributed by atoms with Crippen LogP contribution in [0.1, 0.15) is 49.4 Å². The lowest BCUT2D eigenvalue weighted by molar-refractivity contribution is 0.0979. The summed E-state index contributed by atoms with van der Waals surface area (Å²) in [4.78, 5) is 16.3. The summed E-state index contributed by atoms with van der Waals surface area (Å²) >= 11 is 0. The molecule has 0 spiro atoms. The van der Waals surface area contributed by atoms with Gasteiger partial charge < -0.3 is 0 Å². The Morgan fingerprint density at radius 3 is 2.89 bits per heavy atom. The predicted octanol–water partition coefficient (Wildman–Crippen LogP) is 4.39. The van der Waals surface area contributed by atoms with Crippen LogP contribution in [0, 0.1) is 0 Å². The molecular formula is C16H19NO. The molecule has 0 N–H and O–H groups in total. The number of carbonyl (C=O) groups is 1. The lowest BCUT2D eigenvalue weighted by Gasteiger charge is -2.03. The first kappa shape index (κ1) is 12.7. The highest BCUT2D eigenvalue weighted by Gasteiger charge is 2.06. The normalized spacial score (nSPS) is 10.7. The van der Waals surface area contributed by atoms with Crippen LogP contribution in [-0.4, -0.2) is 10.8 Å². The number of aromatic nitrogens is 1. The Morgan fingerprint density at radius 1 is 1.17 bits per heavy atom. The molecule has 94 valence electrons. The van der Waals surface area contributed by atoms with Gasteiger partial charge in [-0.25, -0.2) is 0 Å². The van der Waals surface area contributed by atoms with Crippen LogP contribution in [-0.2, 0) is 0 Å². The smallest absolute Gasteiger partial charge is 0.162 e. The van der Waals surface area contributed by atoms with E-state index < -0.39 is 0 Å². The van der Waals surface area contributed by atoms with Gasteiger partial charge in [0.2, 0.25) is 0 Å². The highest BCUT2D eigenvalue weighted by Crippen LogP contribution is 2.15. The number of carbonyl (C=O) groups excluding carboxylic acids is 1. The molecule has 2 nitrogen and oxygen atoms in total. The summed E-state index contributed by atoms with van der Waals surface area (Å²) < 4.78 is 0. The molecule has 0 fully saturated rings. The van der Waals surface area contributed by atoms with Gasteiger partial charge in [0.1, 0.15) is 0 Å². The molecule has 0 bridgehead atoms. The highest BCUT2D eigenvalue weighted by molar-refractivity contribution is 5.99. The minimum absolute atomic E-state index is 0.235. The number of Topliss-reactive ketones (excluding diaryl/α,β-unsaturated/α-hetero) is 1. The van der Waals surface area contributed by atoms with Gasteiger partial charge in [-0.15, -0.1) is 0 Å². The van der Waals surface area contributed by atoms with Crippen LogP contribution in [0.3, 0.4) is 0 Å². The van der Waals surface area contributed by atoms with E-state index in [0.29, 0.717) is 6.42 Å². The molecule has 0 atom stereocenters. The average molecular weight is 241 g/mol. The second kappa shape index (κ2) is 6.29. The van der Waals surface area contributed by atoms with E-state index >= 15 is 0 Å². The van der Waals surface area contributed by atoms with Gasteiger partial charge in [0, 0.05) is 23.6 Å². The first-order valence-electron chi connectivity index (χ1n) is 6.69. The van der Waals surface area contributed by atoms with Gasteiger partial charge in [0.05, 0.1) is 5.52 Å². The Hall–Kier alpha value is -1.70. The van der Waals surface area contributed by atoms with Crippen LogP contribution in [0.2, 0.25) is 0 Å². The Kier molecular flexibility index (Phi) is 4.46. The minimum atomic E-state index is 0.235. The Labute approximate surface area is 108 Å². The maximum Gasteiger partial charge on any atom is 0.162 e. The van der Waals surface area contributed by atoms with Crippen molar-refractivity contribution in [3.05, 3.63) is 42.1 Å². The van der Waals surface area contributed by atoms with Crippen molar-refractivity contribution in [3.8, 4) is 0 Å². The number of rotatable bonds is 6. The standard InChI is InChI=1S/C16H19NO/c1-2-3-4-5-8-16(18)14-10-9-13-7-6-11-17-15(13)12-14/h6-7,9-12H,2-5,8H2,1H3. The number of fused-ring (bicyclic) bond motifs is 1. The number of hydrogen-bond acceptors (Lipinski definition) is 2. The summed E-state index contributed by atoms with van der Waals surface area (Å²) in [5, 5.41) is 1.08. The maximum atomic E-state index is 12.0. The zero-order valence-electron chi connectivity index (χ0n) is 10.9. The van der Waals surface area contributed by atoms with Gasteiger partial charge >= 0.3 is 0 Å². The molecule has 0 aliphatic carbocycles. The third-order valence-corrected chi connectivity index (χ3v) is 3.19. The van der Waals surface area contributed by atoms with E-state index in [1.807, 2.05) is 30.3 Å². The fourth-order valence-electron chi connectivity index (χ4n) is 2.10. The van der Waals surface area contributed by atoms with Gasteiger partial charge in [0.25, 0.3) is 0 Å². The third kappa shape index (κ3) is 3.16. The van der Waals surface area contributed by atoms with Gasteiger partial charge in [0.15, 0.2) is 5.78 Å². The minimum Gasteiger partial charge on any atom is -0.294 e. The third-order valence-electron chi connectivity index (χ3n) is 3.19. The molecule has 0 radical (unpaired) electrons. The van der Waals surface area contributed by atoms with Crippen molar-refractivity contribution in [1.82, 2.24) is 4.98 Å². The van der Waals surface area contributed by atoms with Crippen LogP contribution >= 0.6 is 0 Å². The van der Waals surface area contributed by atoms with E-state index in [-0.39, 0.29) is 5.78 Å². The zero-order valence-corrected chi connectivity index (χ0v) is 10.9. The fraction of sp³-hybridized carbons (Fsp3) is 0.375. The van der Waals surface area contributed by atoms with Crippen molar-refractivity contribution in [2.24, 2.45) is 0 Å². The molecule has 1 heterocycles. The topological polar surface area (TPSA) is 30.0 Å². The largest absolute Gasteiger partial charge is 0.294 e. The first-order chi connectivity index (χ1) is 8.81. The van der Waals surface area contributed by atoms with Crippen LogP contribution in [0.5, 0.6) is 0 Å². The lowest BCUT2D eigenvalue weighted by Crippen LogP contribution is -1.99. The SMILES string of the molecule is CCCCCCC(=O)c1ccc2cccnc2c1. The Balaban J connectivity index is 2.04. The van der Waals surface area contributed by atoms with E-state index in [0.717, 1.165) is 29.3 Å². The first-order valence-corrected chi connectivity index (χ1v) is 6.69. The van der Waals surface area contributed by atoms with Crippen LogP contribution in [0.15, 0.2) is 36.5 Å². The van der Waals surface area contributed by atoms with Crippen molar-refractivity contribution >= 4 is 16.7 Å². The molecule has 0 aliphatic rings. The molecule has 1 aromatic heterocycles. The molecule has 2 heteroatoms. The second-order valence-corrected chi connectivity index (χ2v) is 4.64. The van der Waals surface area contributed by atoms with Gasteiger partial charge in [-0.05, 0) is 18.6 Å². The van der Waals surface area contributed by atoms with Crippen LogP contribution in [0.25, 0.3) is 10.9 Å². The lowest BCUT2D eigenvalue weighted by atomic mass is 10.0. The number of ketones is 1. The zero-order chi connectivity index (χ0) is 12.8. The molecule has 0 saturated carbocycles. The average Bonchev–Trinajstić information content (AvgIpc) is 2.43. The van der Waals surface area contributed by atoms with E-state index in [1.54, 1.807) is 6.20 Å². The van der Waals surface area contributed by atoms with Crippen LogP contribution < -0.4 is 0 Å². The molecule has 2 rings (SSSR count). The van der Waals surface area contributed by atoms with E-state index in [2.05, 4.69) is 11.9 Å². The van der Waals surface area contributed by atoms with Crippen molar-refractivity contribution in [1.29, 1.82) is 0 Å². The van der Waals surface area contributed by atoms with Gasteiger partial charge in [-0.3, -0.25) is 9.78 Å². The summed E-state index contributed by atoms with van der Waals surface area (Å²) in [6, 6.07) is 9.71. The van der Waals surface area contributed by atoms with Crippen LogP contribution in [0.4, 0.5) is 0 Å². The molecule has 0 amide bonds. The number of pyridine rings is 1. The molecular weight excluding hydrogens is 222 g/mol. The summed E-state index contributed by atoms with van der Waals surface area (Å²) in [6.07, 6.45) is 6.97. The summed E-state index contributed by atoms with van der Waals surface area (Å²) in [7, 11) is 0. The number of hydrogen-bond donors (Lipinski definition) is 0. The fourth-order valence-corrected chi connectivity index (χ4v) is 2.10. The maximum absolute atomic E-state index is 12.0. The summed E-state index contributed by atoms with van der Waals surface area (Å²) in [5.41, 5.74) is 1.69. The predicted molar refractivity (Wildman–Crippen MR) is 74.8 cm³/mol. The summed E-state index contributed by atoms with van der Waals surface area (Å²) in [6.45, 7) is 2.18. The monoisotopic (exact) mass is 241 g/mol. The van der Waals surface area contributed by atoms with Gasteiger partial charge in [-0.2, -0.15) is 0 Å². The molecule has 2 aromatic rings. The van der Waals surface area contributed by atoms with Crippen molar-refractivity contribution in [2.75, 3.05) is 0 Å². The van der Waals surface area contributed by atoms with E-state index in [4.69, 9.17) is 0 Å². The molecule has 18 heavy (non-hydrogen) atoms. The van der Waals surface area contributed by atoms with Crippen molar-refractivity contribution < 1.29 is 4.79 Å². The van der Waals surface area contributed by atoms with Gasteiger partial charge in [-0.1, -0.05) is 44.4 Å². The number of unbranched alkanes of at least 4 members (excludes halogenated alkanes) is 3. The number of benzene rings is 1. The molecule has 1 aromatic carbocycles. The van der Waals surface area contributed by atoms with Crippen molar-refractivity contribution in [3.63, 3.8) is 0 Å². The number of nitrogens with zero attached hydrogens (tertiary/aromatic N) is 1. The van der Waals surface area contributed by atoms with Crippen molar-refractivity contribution in [2.45, 2.75) is 39.0 Å². The molecule has 0 unspecified atom stereocenters.